The van der Waals surface area contributed by atoms with Crippen molar-refractivity contribution in [2.24, 2.45) is 0 Å². The maximum atomic E-state index is 14.0. The van der Waals surface area contributed by atoms with Crippen LogP contribution in [-0.2, 0) is 6.54 Å². The van der Waals surface area contributed by atoms with E-state index in [2.05, 4.69) is 10.2 Å². The highest BCUT2D eigenvalue weighted by Gasteiger charge is 2.28. The number of likely N-dealkylation sites (tertiary alicyclic amines) is 1. The lowest BCUT2D eigenvalue weighted by atomic mass is 10.1. The molecule has 1 atom stereocenters. The Bertz CT molecular complexity index is 1000. The lowest BCUT2D eigenvalue weighted by molar-refractivity contribution is 0.0968. The molecule has 0 aliphatic carbocycles. The van der Waals surface area contributed by atoms with E-state index in [-0.39, 0.29) is 17.8 Å². The second-order valence-electron chi connectivity index (χ2n) is 6.73. The lowest BCUT2D eigenvalue weighted by Crippen LogP contribution is -2.24. The van der Waals surface area contributed by atoms with Crippen LogP contribution < -0.4 is 11.1 Å². The van der Waals surface area contributed by atoms with Crippen molar-refractivity contribution < 1.29 is 9.18 Å². The van der Waals surface area contributed by atoms with Gasteiger partial charge in [-0.3, -0.25) is 9.69 Å². The van der Waals surface area contributed by atoms with Crippen LogP contribution in [0.15, 0.2) is 36.4 Å². The van der Waals surface area contributed by atoms with Gasteiger partial charge >= 0.3 is 0 Å². The van der Waals surface area contributed by atoms with E-state index in [1.54, 1.807) is 13.1 Å². The van der Waals surface area contributed by atoms with E-state index in [0.29, 0.717) is 22.7 Å². The number of pyridine rings is 1. The fourth-order valence-electron chi connectivity index (χ4n) is 3.68. The molecule has 0 saturated carbocycles. The highest BCUT2D eigenvalue weighted by molar-refractivity contribution is 7.21. The van der Waals surface area contributed by atoms with Gasteiger partial charge in [0.15, 0.2) is 0 Å². The molecule has 5 nitrogen and oxygen atoms in total. The average Bonchev–Trinajstić information content (AvgIpc) is 3.27. The van der Waals surface area contributed by atoms with Crippen molar-refractivity contribution in [3.63, 3.8) is 0 Å². The second-order valence-corrected chi connectivity index (χ2v) is 7.73. The molecular formula is C20H21FN4OS. The Labute approximate surface area is 161 Å². The van der Waals surface area contributed by atoms with Gasteiger partial charge in [-0.05, 0) is 37.6 Å². The molecule has 140 valence electrons. The monoisotopic (exact) mass is 384 g/mol. The predicted octanol–water partition coefficient (Wildman–Crippen LogP) is 3.71. The Balaban J connectivity index is 1.64. The van der Waals surface area contributed by atoms with Crippen LogP contribution in [0, 0.1) is 5.82 Å². The van der Waals surface area contributed by atoms with Gasteiger partial charge in [-0.2, -0.15) is 0 Å². The maximum Gasteiger partial charge on any atom is 0.263 e. The first-order chi connectivity index (χ1) is 13.1. The van der Waals surface area contributed by atoms with Crippen molar-refractivity contribution in [3.8, 4) is 0 Å². The molecule has 0 bridgehead atoms. The molecule has 7 heteroatoms. The number of halogens is 1. The SMILES string of the molecule is CNC(=O)c1sc2nc(C3CCCN3Cc3ccccc3F)ccc2c1N. The van der Waals surface area contributed by atoms with Crippen molar-refractivity contribution in [1.29, 1.82) is 0 Å². The summed E-state index contributed by atoms with van der Waals surface area (Å²) >= 11 is 1.31. The first-order valence-electron chi connectivity index (χ1n) is 8.97. The zero-order chi connectivity index (χ0) is 19.0. The topological polar surface area (TPSA) is 71.2 Å². The molecule has 0 radical (unpaired) electrons. The highest BCUT2D eigenvalue weighted by atomic mass is 32.1. The number of nitrogens with zero attached hydrogens (tertiary/aromatic N) is 2. The molecule has 27 heavy (non-hydrogen) atoms. The van der Waals surface area contributed by atoms with Crippen molar-refractivity contribution in [1.82, 2.24) is 15.2 Å². The summed E-state index contributed by atoms with van der Waals surface area (Å²) in [5.41, 5.74) is 8.24. The van der Waals surface area contributed by atoms with Crippen molar-refractivity contribution >= 4 is 33.1 Å². The van der Waals surface area contributed by atoms with Crippen LogP contribution in [0.5, 0.6) is 0 Å². The number of benzene rings is 1. The summed E-state index contributed by atoms with van der Waals surface area (Å²) in [6.07, 6.45) is 2.03. The second kappa shape index (κ2) is 7.25. The quantitative estimate of drug-likeness (QED) is 0.719. The number of fused-ring (bicyclic) bond motifs is 1. The molecule has 1 saturated heterocycles. The number of hydrogen-bond donors (Lipinski definition) is 2. The Kier molecular flexibility index (Phi) is 4.80. The smallest absolute Gasteiger partial charge is 0.263 e. The summed E-state index contributed by atoms with van der Waals surface area (Å²) in [6, 6.07) is 11.0. The highest BCUT2D eigenvalue weighted by Crippen LogP contribution is 2.37. The van der Waals surface area contributed by atoms with Crippen LogP contribution in [0.1, 0.15) is 39.8 Å². The molecule has 1 amide bonds. The van der Waals surface area contributed by atoms with Crippen molar-refractivity contribution in [3.05, 3.63) is 58.3 Å². The van der Waals surface area contributed by atoms with Crippen molar-refractivity contribution in [2.75, 3.05) is 19.3 Å². The van der Waals surface area contributed by atoms with Gasteiger partial charge in [0.05, 0.1) is 17.4 Å². The van der Waals surface area contributed by atoms with E-state index in [9.17, 15) is 9.18 Å². The van der Waals surface area contributed by atoms with E-state index in [4.69, 9.17) is 10.7 Å². The number of nitrogens with one attached hydrogen (secondary N) is 1. The lowest BCUT2D eigenvalue weighted by Gasteiger charge is -2.24. The first-order valence-corrected chi connectivity index (χ1v) is 9.78. The summed E-state index contributed by atoms with van der Waals surface area (Å²) in [7, 11) is 1.59. The van der Waals surface area contributed by atoms with Crippen LogP contribution in [0.25, 0.3) is 10.2 Å². The van der Waals surface area contributed by atoms with E-state index in [1.165, 1.54) is 17.4 Å². The number of rotatable bonds is 4. The molecule has 1 aliphatic rings. The van der Waals surface area contributed by atoms with Crippen LogP contribution in [0.3, 0.4) is 0 Å². The van der Waals surface area contributed by atoms with Crippen LogP contribution >= 0.6 is 11.3 Å². The summed E-state index contributed by atoms with van der Waals surface area (Å²) < 4.78 is 14.0. The minimum Gasteiger partial charge on any atom is -0.397 e. The summed E-state index contributed by atoms with van der Waals surface area (Å²) in [5, 5.41) is 3.42. The van der Waals surface area contributed by atoms with E-state index < -0.39 is 0 Å². The Morgan fingerprint density at radius 1 is 1.37 bits per heavy atom. The standard InChI is InChI=1S/C20H21FN4OS/c1-23-19(26)18-17(22)13-8-9-15(24-20(13)27-18)16-7-4-10-25(16)11-12-5-2-3-6-14(12)21/h2-3,5-6,8-9,16H,4,7,10-11,22H2,1H3,(H,23,26). The van der Waals surface area contributed by atoms with Crippen LogP contribution in [-0.4, -0.2) is 29.4 Å². The zero-order valence-corrected chi connectivity index (χ0v) is 15.9. The number of thiophene rings is 1. The molecule has 3 heterocycles. The number of nitrogen functional groups attached to an aromatic ring is 1. The molecule has 1 unspecified atom stereocenters. The molecule has 2 aromatic heterocycles. The van der Waals surface area contributed by atoms with Gasteiger partial charge in [0.25, 0.3) is 5.91 Å². The third-order valence-corrected chi connectivity index (χ3v) is 6.20. The summed E-state index contributed by atoms with van der Waals surface area (Å²) in [5.74, 6) is -0.369. The third-order valence-electron chi connectivity index (χ3n) is 5.08. The number of aromatic nitrogens is 1. The maximum absolute atomic E-state index is 14.0. The number of nitrogens with two attached hydrogens (primary N) is 1. The van der Waals surface area contributed by atoms with E-state index in [1.807, 2.05) is 24.3 Å². The molecule has 1 aliphatic heterocycles. The molecular weight excluding hydrogens is 363 g/mol. The van der Waals surface area contributed by atoms with Crippen LogP contribution in [0.4, 0.5) is 10.1 Å². The Morgan fingerprint density at radius 2 is 2.19 bits per heavy atom. The number of carbonyl (C=O) groups is 1. The normalized spacial score (nSPS) is 17.5. The van der Waals surface area contributed by atoms with Crippen molar-refractivity contribution in [2.45, 2.75) is 25.4 Å². The van der Waals surface area contributed by atoms with Gasteiger partial charge < -0.3 is 11.1 Å². The summed E-state index contributed by atoms with van der Waals surface area (Å²) in [4.78, 5) is 20.3. The Hall–Kier alpha value is -2.51. The fourth-order valence-corrected chi connectivity index (χ4v) is 4.72. The minimum atomic E-state index is -0.195. The number of amides is 1. The molecule has 4 rings (SSSR count). The Morgan fingerprint density at radius 3 is 2.96 bits per heavy atom. The van der Waals surface area contributed by atoms with Gasteiger partial charge in [-0.1, -0.05) is 18.2 Å². The predicted molar refractivity (Wildman–Crippen MR) is 106 cm³/mol. The largest absolute Gasteiger partial charge is 0.397 e. The van der Waals surface area contributed by atoms with Gasteiger partial charge in [0.2, 0.25) is 0 Å². The fraction of sp³-hybridized carbons (Fsp3) is 0.300. The third kappa shape index (κ3) is 3.28. The summed E-state index contributed by atoms with van der Waals surface area (Å²) in [6.45, 7) is 1.47. The minimum absolute atomic E-state index is 0.140. The zero-order valence-electron chi connectivity index (χ0n) is 15.0. The average molecular weight is 384 g/mol. The molecule has 1 fully saturated rings. The first kappa shape index (κ1) is 17.9. The molecule has 0 spiro atoms. The number of carbonyl (C=O) groups excluding carboxylic acids is 1. The number of anilines is 1. The van der Waals surface area contributed by atoms with Crippen LogP contribution in [0.2, 0.25) is 0 Å². The molecule has 3 aromatic rings. The number of hydrogen-bond acceptors (Lipinski definition) is 5. The van der Waals surface area contributed by atoms with Gasteiger partial charge in [0, 0.05) is 24.5 Å². The molecule has 3 N–H and O–H groups in total. The van der Waals surface area contributed by atoms with Gasteiger partial charge in [-0.25, -0.2) is 9.37 Å². The van der Waals surface area contributed by atoms with Gasteiger partial charge in [0.1, 0.15) is 15.5 Å². The van der Waals surface area contributed by atoms with Gasteiger partial charge in [-0.15, -0.1) is 11.3 Å². The molecule has 1 aromatic carbocycles. The van der Waals surface area contributed by atoms with E-state index >= 15 is 0 Å². The van der Waals surface area contributed by atoms with E-state index in [0.717, 1.165) is 35.3 Å².